The van der Waals surface area contributed by atoms with Gasteiger partial charge in [0.25, 0.3) is 0 Å². The van der Waals surface area contributed by atoms with Gasteiger partial charge in [-0.1, -0.05) is 6.42 Å². The molecular weight excluding hydrogens is 248 g/mol. The highest BCUT2D eigenvalue weighted by atomic mass is 16.5. The van der Waals surface area contributed by atoms with E-state index < -0.39 is 23.0 Å². The highest BCUT2D eigenvalue weighted by Crippen LogP contribution is 2.44. The minimum absolute atomic E-state index is 0.153. The van der Waals surface area contributed by atoms with Crippen LogP contribution in [-0.4, -0.2) is 41.5 Å². The lowest BCUT2D eigenvalue weighted by atomic mass is 9.66. The van der Waals surface area contributed by atoms with Crippen LogP contribution >= 0.6 is 0 Å². The molecule has 0 radical (unpaired) electrons. The molecule has 2 fully saturated rings. The monoisotopic (exact) mass is 268 g/mol. The predicted octanol–water partition coefficient (Wildman–Crippen LogP) is 1.05. The molecule has 0 aromatic rings. The van der Waals surface area contributed by atoms with E-state index in [1.54, 1.807) is 0 Å². The topological polar surface area (TPSA) is 75.7 Å². The Balaban J connectivity index is 2.18. The van der Waals surface area contributed by atoms with Gasteiger partial charge in [-0.25, -0.2) is 4.79 Å². The van der Waals surface area contributed by atoms with Gasteiger partial charge in [-0.2, -0.15) is 0 Å². The third-order valence-corrected chi connectivity index (χ3v) is 3.84. The van der Waals surface area contributed by atoms with Crippen LogP contribution in [0.1, 0.15) is 40.0 Å². The molecule has 2 rings (SSSR count). The molecule has 4 amide bonds. The van der Waals surface area contributed by atoms with Crippen LogP contribution in [0, 0.1) is 5.41 Å². The first-order valence-corrected chi connectivity index (χ1v) is 6.64. The van der Waals surface area contributed by atoms with Crippen LogP contribution in [0.4, 0.5) is 4.79 Å². The molecule has 0 aromatic heterocycles. The maximum Gasteiger partial charge on any atom is 0.330 e. The zero-order valence-corrected chi connectivity index (χ0v) is 11.6. The molecule has 2 aliphatic rings. The molecule has 1 aliphatic heterocycles. The summed E-state index contributed by atoms with van der Waals surface area (Å²) in [5.74, 6) is -0.820. The van der Waals surface area contributed by atoms with Crippen molar-refractivity contribution in [3.8, 4) is 0 Å². The number of rotatable bonds is 4. The van der Waals surface area contributed by atoms with Crippen molar-refractivity contribution in [1.29, 1.82) is 0 Å². The fourth-order valence-corrected chi connectivity index (χ4v) is 2.66. The van der Waals surface area contributed by atoms with Crippen molar-refractivity contribution in [3.63, 3.8) is 0 Å². The molecule has 0 aromatic carbocycles. The van der Waals surface area contributed by atoms with Gasteiger partial charge in [0.2, 0.25) is 11.8 Å². The SMILES string of the molecule is CCOC(C)(C)CN1C(=O)NC(=O)C2(CCC2)C1=O. The second kappa shape index (κ2) is 4.59. The van der Waals surface area contributed by atoms with Crippen molar-refractivity contribution in [1.82, 2.24) is 10.2 Å². The molecule has 0 unspecified atom stereocenters. The molecule has 0 bridgehead atoms. The Hall–Kier alpha value is -1.43. The molecule has 6 heteroatoms. The van der Waals surface area contributed by atoms with E-state index in [-0.39, 0.29) is 12.5 Å². The molecular formula is C13H20N2O4. The lowest BCUT2D eigenvalue weighted by molar-refractivity contribution is -0.160. The number of ether oxygens (including phenoxy) is 1. The van der Waals surface area contributed by atoms with Crippen molar-refractivity contribution in [2.45, 2.75) is 45.6 Å². The van der Waals surface area contributed by atoms with Gasteiger partial charge in [-0.3, -0.25) is 19.8 Å². The average Bonchev–Trinajstić information content (AvgIpc) is 2.22. The third-order valence-electron chi connectivity index (χ3n) is 3.84. The zero-order valence-electron chi connectivity index (χ0n) is 11.6. The Morgan fingerprint density at radius 2 is 1.95 bits per heavy atom. The van der Waals surface area contributed by atoms with E-state index in [0.717, 1.165) is 11.3 Å². The maximum atomic E-state index is 12.4. The molecule has 1 spiro atoms. The number of imide groups is 2. The second-order valence-electron chi connectivity index (χ2n) is 5.78. The summed E-state index contributed by atoms with van der Waals surface area (Å²) in [6, 6.07) is -0.639. The summed E-state index contributed by atoms with van der Waals surface area (Å²) in [7, 11) is 0. The summed E-state index contributed by atoms with van der Waals surface area (Å²) < 4.78 is 5.52. The molecule has 1 N–H and O–H groups in total. The van der Waals surface area contributed by atoms with E-state index >= 15 is 0 Å². The first-order valence-electron chi connectivity index (χ1n) is 6.64. The molecule has 0 atom stereocenters. The average molecular weight is 268 g/mol. The summed E-state index contributed by atoms with van der Waals surface area (Å²) in [4.78, 5) is 37.2. The number of nitrogens with one attached hydrogen (secondary N) is 1. The number of urea groups is 1. The summed E-state index contributed by atoms with van der Waals surface area (Å²) in [6.07, 6.45) is 1.89. The van der Waals surface area contributed by atoms with Crippen molar-refractivity contribution in [2.75, 3.05) is 13.2 Å². The van der Waals surface area contributed by atoms with Gasteiger partial charge in [0, 0.05) is 6.61 Å². The smallest absolute Gasteiger partial charge is 0.330 e. The summed E-state index contributed by atoms with van der Waals surface area (Å²) in [6.45, 7) is 6.15. The van der Waals surface area contributed by atoms with E-state index in [4.69, 9.17) is 4.74 Å². The predicted molar refractivity (Wildman–Crippen MR) is 67.2 cm³/mol. The summed E-state index contributed by atoms with van der Waals surface area (Å²) >= 11 is 0. The molecule has 19 heavy (non-hydrogen) atoms. The Bertz CT molecular complexity index is 426. The Labute approximate surface area is 112 Å². The van der Waals surface area contributed by atoms with Gasteiger partial charge in [0.1, 0.15) is 5.41 Å². The fraction of sp³-hybridized carbons (Fsp3) is 0.769. The van der Waals surface area contributed by atoms with E-state index in [0.29, 0.717) is 19.4 Å². The van der Waals surface area contributed by atoms with Crippen molar-refractivity contribution in [2.24, 2.45) is 5.41 Å². The first-order chi connectivity index (χ1) is 8.82. The highest BCUT2D eigenvalue weighted by Gasteiger charge is 2.57. The standard InChI is InChI=1S/C13H20N2O4/c1-4-19-12(2,3)8-15-10(17)13(6-5-7-13)9(16)14-11(15)18/h4-8H2,1-3H3,(H,14,16,18). The van der Waals surface area contributed by atoms with Crippen LogP contribution in [0.5, 0.6) is 0 Å². The minimum atomic E-state index is -1.00. The van der Waals surface area contributed by atoms with Gasteiger partial charge in [-0.15, -0.1) is 0 Å². The lowest BCUT2D eigenvalue weighted by Gasteiger charge is -2.45. The van der Waals surface area contributed by atoms with Crippen LogP contribution in [-0.2, 0) is 14.3 Å². The van der Waals surface area contributed by atoms with Gasteiger partial charge in [-0.05, 0) is 33.6 Å². The Kier molecular flexibility index (Phi) is 3.38. The molecule has 1 aliphatic carbocycles. The number of nitrogens with zero attached hydrogens (tertiary/aromatic N) is 1. The molecule has 106 valence electrons. The van der Waals surface area contributed by atoms with Gasteiger partial charge >= 0.3 is 6.03 Å². The van der Waals surface area contributed by atoms with Crippen molar-refractivity contribution >= 4 is 17.8 Å². The fourth-order valence-electron chi connectivity index (χ4n) is 2.66. The number of carbonyl (C=O) groups is 3. The number of hydrogen-bond acceptors (Lipinski definition) is 4. The van der Waals surface area contributed by atoms with Gasteiger partial charge in [0.05, 0.1) is 12.1 Å². The van der Waals surface area contributed by atoms with Crippen molar-refractivity contribution < 1.29 is 19.1 Å². The molecule has 1 saturated carbocycles. The lowest BCUT2D eigenvalue weighted by Crippen LogP contribution is -2.67. The zero-order chi connectivity index (χ0) is 14.3. The van der Waals surface area contributed by atoms with E-state index in [1.165, 1.54) is 0 Å². The van der Waals surface area contributed by atoms with Gasteiger partial charge in [0.15, 0.2) is 0 Å². The van der Waals surface area contributed by atoms with Crippen LogP contribution in [0.2, 0.25) is 0 Å². The van der Waals surface area contributed by atoms with E-state index in [9.17, 15) is 14.4 Å². The van der Waals surface area contributed by atoms with Crippen LogP contribution < -0.4 is 5.32 Å². The van der Waals surface area contributed by atoms with E-state index in [2.05, 4.69) is 5.32 Å². The maximum absolute atomic E-state index is 12.4. The van der Waals surface area contributed by atoms with Gasteiger partial charge < -0.3 is 4.74 Å². The number of hydrogen-bond donors (Lipinski definition) is 1. The van der Waals surface area contributed by atoms with Crippen LogP contribution in [0.25, 0.3) is 0 Å². The van der Waals surface area contributed by atoms with Crippen LogP contribution in [0.3, 0.4) is 0 Å². The number of barbiturate groups is 1. The summed E-state index contributed by atoms with van der Waals surface area (Å²) in [5, 5.41) is 2.29. The highest BCUT2D eigenvalue weighted by molar-refractivity contribution is 6.19. The quantitative estimate of drug-likeness (QED) is 0.773. The normalized spacial score (nSPS) is 22.5. The number of carbonyl (C=O) groups excluding carboxylic acids is 3. The van der Waals surface area contributed by atoms with E-state index in [1.807, 2.05) is 20.8 Å². The summed E-state index contributed by atoms with van der Waals surface area (Å²) in [5.41, 5.74) is -1.62. The van der Waals surface area contributed by atoms with Crippen molar-refractivity contribution in [3.05, 3.63) is 0 Å². The third kappa shape index (κ3) is 2.25. The number of amides is 4. The largest absolute Gasteiger partial charge is 0.374 e. The Morgan fingerprint density at radius 3 is 2.42 bits per heavy atom. The van der Waals surface area contributed by atoms with Crippen LogP contribution in [0.15, 0.2) is 0 Å². The second-order valence-corrected chi connectivity index (χ2v) is 5.78. The molecule has 1 heterocycles. The first kappa shape index (κ1) is 14.0. The molecule has 1 saturated heterocycles. The molecule has 6 nitrogen and oxygen atoms in total. The minimum Gasteiger partial charge on any atom is -0.374 e. The Morgan fingerprint density at radius 1 is 1.32 bits per heavy atom.